The van der Waals surface area contributed by atoms with Gasteiger partial charge in [-0.2, -0.15) is 0 Å². The van der Waals surface area contributed by atoms with Gasteiger partial charge in [-0.05, 0) is 6.42 Å². The largest absolute Gasteiger partial charge is 0.412 e. The van der Waals surface area contributed by atoms with Crippen molar-refractivity contribution in [3.05, 3.63) is 0 Å². The van der Waals surface area contributed by atoms with Crippen LogP contribution < -0.4 is 5.73 Å². The highest BCUT2D eigenvalue weighted by atomic mass is 16.6. The van der Waals surface area contributed by atoms with Crippen LogP contribution >= 0.6 is 0 Å². The first-order valence-electron chi connectivity index (χ1n) is 10.2. The van der Waals surface area contributed by atoms with E-state index in [1.165, 1.54) is 83.5 Å². The van der Waals surface area contributed by atoms with Gasteiger partial charge in [0.15, 0.2) is 0 Å². The quantitative estimate of drug-likeness (QED) is 0.193. The van der Waals surface area contributed by atoms with Crippen LogP contribution in [-0.4, -0.2) is 12.1 Å². The summed E-state index contributed by atoms with van der Waals surface area (Å²) < 4.78 is 4.27. The van der Waals surface area contributed by atoms with Gasteiger partial charge >= 0.3 is 12.1 Å². The maximum absolute atomic E-state index is 11.1. The number of esters is 1. The lowest BCUT2D eigenvalue weighted by molar-refractivity contribution is -0.137. The van der Waals surface area contributed by atoms with Crippen molar-refractivity contribution in [2.24, 2.45) is 5.73 Å². The Labute approximate surface area is 148 Å². The summed E-state index contributed by atoms with van der Waals surface area (Å²) in [5, 5.41) is 0. The Balaban J connectivity index is 3.07. The number of hydrogen-bond acceptors (Lipinski definition) is 3. The minimum Gasteiger partial charge on any atom is -0.376 e. The molecule has 0 bridgehead atoms. The van der Waals surface area contributed by atoms with Crippen molar-refractivity contribution >= 4 is 12.1 Å². The molecule has 1 amide bonds. The fourth-order valence-corrected chi connectivity index (χ4v) is 2.98. The molecule has 0 aromatic carbocycles. The molecule has 4 heteroatoms. The number of amides is 1. The zero-order valence-corrected chi connectivity index (χ0v) is 15.8. The fourth-order valence-electron chi connectivity index (χ4n) is 2.98. The van der Waals surface area contributed by atoms with Gasteiger partial charge in [-0.25, -0.2) is 4.79 Å². The van der Waals surface area contributed by atoms with Crippen LogP contribution in [-0.2, 0) is 9.53 Å². The summed E-state index contributed by atoms with van der Waals surface area (Å²) in [5.74, 6) is -0.507. The van der Waals surface area contributed by atoms with Crippen LogP contribution in [0.15, 0.2) is 0 Å². The second-order valence-electron chi connectivity index (χ2n) is 6.85. The van der Waals surface area contributed by atoms with Crippen LogP contribution in [0.2, 0.25) is 0 Å². The summed E-state index contributed by atoms with van der Waals surface area (Å²) in [6.07, 6.45) is 20.1. The van der Waals surface area contributed by atoms with Gasteiger partial charge in [0.1, 0.15) is 0 Å². The molecule has 0 aliphatic heterocycles. The maximum Gasteiger partial charge on any atom is 0.412 e. The van der Waals surface area contributed by atoms with Gasteiger partial charge in [0.25, 0.3) is 0 Å². The number of nitrogens with two attached hydrogens (primary N) is 1. The van der Waals surface area contributed by atoms with Gasteiger partial charge in [-0.3, -0.25) is 4.79 Å². The predicted octanol–water partition coefficient (Wildman–Crippen LogP) is 6.26. The first-order chi connectivity index (χ1) is 11.7. The smallest absolute Gasteiger partial charge is 0.376 e. The number of primary amides is 1. The van der Waals surface area contributed by atoms with E-state index in [2.05, 4.69) is 11.7 Å². The maximum atomic E-state index is 11.1. The van der Waals surface area contributed by atoms with E-state index in [1.807, 2.05) is 0 Å². The Morgan fingerprint density at radius 2 is 0.958 bits per heavy atom. The van der Waals surface area contributed by atoms with Crippen molar-refractivity contribution in [2.75, 3.05) is 0 Å². The Hall–Kier alpha value is -1.06. The number of ether oxygens (including phenoxy) is 1. The van der Waals surface area contributed by atoms with Crippen molar-refractivity contribution < 1.29 is 14.3 Å². The van der Waals surface area contributed by atoms with E-state index in [9.17, 15) is 9.59 Å². The molecule has 0 heterocycles. The molecule has 0 radical (unpaired) electrons. The summed E-state index contributed by atoms with van der Waals surface area (Å²) in [6, 6.07) is 0. The van der Waals surface area contributed by atoms with Crippen LogP contribution in [0.1, 0.15) is 116 Å². The van der Waals surface area contributed by atoms with Gasteiger partial charge in [0, 0.05) is 6.42 Å². The molecule has 24 heavy (non-hydrogen) atoms. The summed E-state index contributed by atoms with van der Waals surface area (Å²) in [6.45, 7) is 2.27. The predicted molar refractivity (Wildman–Crippen MR) is 99.8 cm³/mol. The lowest BCUT2D eigenvalue weighted by atomic mass is 10.0. The van der Waals surface area contributed by atoms with Crippen molar-refractivity contribution in [3.63, 3.8) is 0 Å². The molecule has 0 fully saturated rings. The molecule has 0 spiro atoms. The molecule has 0 aromatic rings. The monoisotopic (exact) mass is 341 g/mol. The number of carbonyl (C=O) groups is 2. The molecular weight excluding hydrogens is 302 g/mol. The highest BCUT2D eigenvalue weighted by Crippen LogP contribution is 2.14. The first-order valence-corrected chi connectivity index (χ1v) is 10.2. The molecule has 2 N–H and O–H groups in total. The van der Waals surface area contributed by atoms with E-state index < -0.39 is 12.1 Å². The number of rotatable bonds is 17. The fraction of sp³-hybridized carbons (Fsp3) is 0.900. The Bertz CT molecular complexity index is 305. The normalized spacial score (nSPS) is 10.7. The highest BCUT2D eigenvalue weighted by Gasteiger charge is 2.05. The van der Waals surface area contributed by atoms with Crippen LogP contribution in [0.5, 0.6) is 0 Å². The second-order valence-corrected chi connectivity index (χ2v) is 6.85. The lowest BCUT2D eigenvalue weighted by Crippen LogP contribution is -2.18. The van der Waals surface area contributed by atoms with Crippen molar-refractivity contribution in [1.29, 1.82) is 0 Å². The number of hydrogen-bond donors (Lipinski definition) is 1. The molecular formula is C20H39NO3. The number of carbonyl (C=O) groups excluding carboxylic acids is 2. The molecule has 0 atom stereocenters. The molecule has 142 valence electrons. The molecule has 0 aromatic heterocycles. The molecule has 0 saturated heterocycles. The van der Waals surface area contributed by atoms with Crippen LogP contribution in [0, 0.1) is 0 Å². The number of unbranched alkanes of at least 4 members (excludes halogenated alkanes) is 15. The molecule has 4 nitrogen and oxygen atoms in total. The van der Waals surface area contributed by atoms with E-state index >= 15 is 0 Å². The van der Waals surface area contributed by atoms with Crippen molar-refractivity contribution in [2.45, 2.75) is 116 Å². The molecule has 0 unspecified atom stereocenters. The summed E-state index contributed by atoms with van der Waals surface area (Å²) >= 11 is 0. The van der Waals surface area contributed by atoms with E-state index in [4.69, 9.17) is 5.73 Å². The van der Waals surface area contributed by atoms with Crippen molar-refractivity contribution in [3.8, 4) is 0 Å². The van der Waals surface area contributed by atoms with E-state index in [-0.39, 0.29) is 0 Å². The molecule has 0 aliphatic carbocycles. The summed E-state index contributed by atoms with van der Waals surface area (Å²) in [7, 11) is 0. The summed E-state index contributed by atoms with van der Waals surface area (Å²) in [5.41, 5.74) is 4.77. The Kier molecular flexibility index (Phi) is 17.5. The van der Waals surface area contributed by atoms with Gasteiger partial charge < -0.3 is 10.5 Å². The molecule has 0 saturated carbocycles. The minimum atomic E-state index is -1.00. The van der Waals surface area contributed by atoms with E-state index in [0.29, 0.717) is 6.42 Å². The minimum absolute atomic E-state index is 0.293. The van der Waals surface area contributed by atoms with E-state index in [1.54, 1.807) is 0 Å². The third kappa shape index (κ3) is 19.0. The zero-order valence-electron chi connectivity index (χ0n) is 15.8. The van der Waals surface area contributed by atoms with E-state index in [0.717, 1.165) is 19.3 Å². The van der Waals surface area contributed by atoms with Gasteiger partial charge in [-0.15, -0.1) is 0 Å². The Morgan fingerprint density at radius 3 is 1.29 bits per heavy atom. The molecule has 0 rings (SSSR count). The second kappa shape index (κ2) is 18.3. The van der Waals surface area contributed by atoms with Gasteiger partial charge in [-0.1, -0.05) is 103 Å². The average molecular weight is 342 g/mol. The zero-order chi connectivity index (χ0) is 17.9. The van der Waals surface area contributed by atoms with Crippen LogP contribution in [0.4, 0.5) is 4.79 Å². The van der Waals surface area contributed by atoms with Crippen LogP contribution in [0.25, 0.3) is 0 Å². The van der Waals surface area contributed by atoms with Crippen molar-refractivity contribution in [1.82, 2.24) is 0 Å². The SMILES string of the molecule is CCCCCCCCCCCCCCCCCCC(=O)OC(N)=O. The third-order valence-corrected chi connectivity index (χ3v) is 4.45. The topological polar surface area (TPSA) is 69.4 Å². The average Bonchev–Trinajstić information content (AvgIpc) is 2.53. The summed E-state index contributed by atoms with van der Waals surface area (Å²) in [4.78, 5) is 21.4. The lowest BCUT2D eigenvalue weighted by Gasteiger charge is -2.03. The standard InChI is InChI=1S/C20H39NO3/c1-2-3-4-5-6-7-8-9-10-11-12-13-14-15-16-17-18-19(22)24-20(21)23/h2-18H2,1H3,(H2,21,23). The van der Waals surface area contributed by atoms with Crippen LogP contribution in [0.3, 0.4) is 0 Å². The van der Waals surface area contributed by atoms with Gasteiger partial charge in [0.2, 0.25) is 0 Å². The molecule has 0 aliphatic rings. The highest BCUT2D eigenvalue weighted by molar-refractivity contribution is 5.83. The Morgan fingerprint density at radius 1 is 0.625 bits per heavy atom. The third-order valence-electron chi connectivity index (χ3n) is 4.45. The van der Waals surface area contributed by atoms with Gasteiger partial charge in [0.05, 0.1) is 0 Å². The first kappa shape index (κ1) is 22.9.